The Morgan fingerprint density at radius 2 is 2.06 bits per heavy atom. The Morgan fingerprint density at radius 3 is 2.73 bits per heavy atom. The number of rotatable bonds is 9. The summed E-state index contributed by atoms with van der Waals surface area (Å²) in [5.41, 5.74) is 1.09. The zero-order valence-corrected chi connectivity index (χ0v) is 20.2. The summed E-state index contributed by atoms with van der Waals surface area (Å²) in [4.78, 5) is 20.8. The van der Waals surface area contributed by atoms with Gasteiger partial charge in [-0.1, -0.05) is 19.6 Å². The van der Waals surface area contributed by atoms with E-state index in [0.29, 0.717) is 28.8 Å². The fourth-order valence-corrected chi connectivity index (χ4v) is 4.32. The summed E-state index contributed by atoms with van der Waals surface area (Å²) in [6.45, 7) is 7.21. The molecule has 2 atom stereocenters. The number of pyridine rings is 2. The molecule has 1 aliphatic carbocycles. The Kier molecular flexibility index (Phi) is 6.49. The molecule has 1 saturated carbocycles. The number of halogens is 2. The van der Waals surface area contributed by atoms with Crippen molar-refractivity contribution in [1.82, 2.24) is 14.5 Å². The Bertz CT molecular complexity index is 1180. The van der Waals surface area contributed by atoms with Crippen LogP contribution in [0.15, 0.2) is 30.5 Å². The number of anilines is 1. The molecule has 3 aromatic heterocycles. The van der Waals surface area contributed by atoms with Gasteiger partial charge in [0.05, 0.1) is 18.6 Å². The molecule has 33 heavy (non-hydrogen) atoms. The molecule has 10 heteroatoms. The molecule has 0 aliphatic heterocycles. The van der Waals surface area contributed by atoms with E-state index < -0.39 is 32.0 Å². The maximum absolute atomic E-state index is 15.8. The van der Waals surface area contributed by atoms with Crippen molar-refractivity contribution in [2.45, 2.75) is 45.0 Å². The van der Waals surface area contributed by atoms with Crippen LogP contribution in [0, 0.1) is 11.9 Å². The van der Waals surface area contributed by atoms with Gasteiger partial charge in [0.15, 0.2) is 0 Å². The highest BCUT2D eigenvalue weighted by Gasteiger charge is 2.43. The Hall–Kier alpha value is -2.85. The van der Waals surface area contributed by atoms with E-state index in [2.05, 4.69) is 34.9 Å². The fourth-order valence-electron chi connectivity index (χ4n) is 3.56. The van der Waals surface area contributed by atoms with Gasteiger partial charge in [0.1, 0.15) is 24.4 Å². The normalized spacial score (nSPS) is 17.9. The number of amides is 1. The predicted molar refractivity (Wildman–Crippen MR) is 125 cm³/mol. The van der Waals surface area contributed by atoms with E-state index in [-0.39, 0.29) is 24.8 Å². The highest BCUT2D eigenvalue weighted by atomic mass is 28.3. The number of carbonyl (C=O) groups excluding carboxylic acids is 1. The lowest BCUT2D eigenvalue weighted by atomic mass is 10.1. The summed E-state index contributed by atoms with van der Waals surface area (Å²) < 4.78 is 41.5. The van der Waals surface area contributed by atoms with Gasteiger partial charge in [-0.15, -0.1) is 0 Å². The number of ether oxygens (including phenoxy) is 2. The second-order valence-corrected chi connectivity index (χ2v) is 15.0. The van der Waals surface area contributed by atoms with Gasteiger partial charge >= 0.3 is 0 Å². The van der Waals surface area contributed by atoms with E-state index in [1.165, 1.54) is 11.7 Å². The molecule has 0 bridgehead atoms. The van der Waals surface area contributed by atoms with Gasteiger partial charge in [-0.05, 0) is 36.7 Å². The Labute approximate surface area is 192 Å². The van der Waals surface area contributed by atoms with Gasteiger partial charge in [-0.2, -0.15) is 4.39 Å². The first kappa shape index (κ1) is 23.3. The van der Waals surface area contributed by atoms with E-state index in [1.54, 1.807) is 30.5 Å². The third-order valence-corrected chi connectivity index (χ3v) is 7.30. The standard InChI is InChI=1S/C23H28F2N4O3Si/c1-31-23-15(6-5-9-26-23)19-14-7-8-18(28-22(30)16-12-17(16)24)27-21(14)29(20(19)25)13-32-10-11-33(2,3)4/h5-9,16-17H,10-13H2,1-4H3,(H,27,28,30)/t16-,17+/m1/s1. The topological polar surface area (TPSA) is 78.3 Å². The van der Waals surface area contributed by atoms with Gasteiger partial charge in [0.25, 0.3) is 0 Å². The van der Waals surface area contributed by atoms with E-state index in [4.69, 9.17) is 9.47 Å². The summed E-state index contributed by atoms with van der Waals surface area (Å²) in [7, 11) is 0.170. The van der Waals surface area contributed by atoms with Crippen LogP contribution >= 0.6 is 0 Å². The van der Waals surface area contributed by atoms with Crippen LogP contribution in [0.3, 0.4) is 0 Å². The van der Waals surface area contributed by atoms with Crippen LogP contribution in [0.1, 0.15) is 6.42 Å². The maximum Gasteiger partial charge on any atom is 0.231 e. The molecule has 0 saturated heterocycles. The predicted octanol–water partition coefficient (Wildman–Crippen LogP) is 4.85. The Balaban J connectivity index is 1.72. The molecule has 1 fully saturated rings. The summed E-state index contributed by atoms with van der Waals surface area (Å²) in [6.07, 6.45) is 0.676. The van der Waals surface area contributed by atoms with Gasteiger partial charge in [-0.3, -0.25) is 9.36 Å². The highest BCUT2D eigenvalue weighted by molar-refractivity contribution is 6.76. The fraction of sp³-hybridized carbons (Fsp3) is 0.435. The molecule has 0 aromatic carbocycles. The second-order valence-electron chi connectivity index (χ2n) is 9.42. The van der Waals surface area contributed by atoms with Gasteiger partial charge in [-0.25, -0.2) is 14.4 Å². The monoisotopic (exact) mass is 474 g/mol. The number of fused-ring (bicyclic) bond motifs is 1. The number of nitrogens with zero attached hydrogens (tertiary/aromatic N) is 3. The van der Waals surface area contributed by atoms with Crippen LogP contribution < -0.4 is 10.1 Å². The minimum Gasteiger partial charge on any atom is -0.481 e. The number of hydrogen-bond donors (Lipinski definition) is 1. The van der Waals surface area contributed by atoms with Gasteiger partial charge in [0, 0.05) is 31.8 Å². The molecule has 0 spiro atoms. The van der Waals surface area contributed by atoms with Crippen LogP contribution in [0.5, 0.6) is 5.88 Å². The number of hydrogen-bond acceptors (Lipinski definition) is 5. The maximum atomic E-state index is 15.8. The van der Waals surface area contributed by atoms with Gasteiger partial charge < -0.3 is 14.8 Å². The van der Waals surface area contributed by atoms with Crippen LogP contribution in [0.4, 0.5) is 14.6 Å². The average molecular weight is 475 g/mol. The number of carbonyl (C=O) groups is 1. The van der Waals surface area contributed by atoms with Crippen molar-refractivity contribution < 1.29 is 23.0 Å². The molecule has 0 radical (unpaired) electrons. The molecule has 176 valence electrons. The second kappa shape index (κ2) is 9.18. The van der Waals surface area contributed by atoms with Crippen molar-refractivity contribution in [3.05, 3.63) is 36.4 Å². The van der Waals surface area contributed by atoms with Crippen molar-refractivity contribution in [2.75, 3.05) is 19.0 Å². The molecule has 3 aromatic rings. The zero-order valence-electron chi connectivity index (χ0n) is 19.2. The van der Waals surface area contributed by atoms with Crippen LogP contribution in [-0.2, 0) is 16.3 Å². The van der Waals surface area contributed by atoms with Crippen LogP contribution in [0.2, 0.25) is 25.7 Å². The Morgan fingerprint density at radius 1 is 1.30 bits per heavy atom. The molecule has 7 nitrogen and oxygen atoms in total. The number of aromatic nitrogens is 3. The quantitative estimate of drug-likeness (QED) is 0.354. The number of methoxy groups -OCH3 is 1. The third kappa shape index (κ3) is 5.06. The lowest BCUT2D eigenvalue weighted by molar-refractivity contribution is -0.117. The number of nitrogens with one attached hydrogen (secondary N) is 1. The highest BCUT2D eigenvalue weighted by Crippen LogP contribution is 2.38. The van der Waals surface area contributed by atoms with E-state index >= 15 is 4.39 Å². The first-order valence-electron chi connectivity index (χ1n) is 10.9. The van der Waals surface area contributed by atoms with Crippen molar-refractivity contribution in [2.24, 2.45) is 5.92 Å². The largest absolute Gasteiger partial charge is 0.481 e. The molecule has 4 rings (SSSR count). The molecular formula is C23H28F2N4O3Si. The molecule has 1 amide bonds. The van der Waals surface area contributed by atoms with Gasteiger partial charge in [0.2, 0.25) is 17.7 Å². The van der Waals surface area contributed by atoms with Crippen LogP contribution in [0.25, 0.3) is 22.2 Å². The van der Waals surface area contributed by atoms with E-state index in [9.17, 15) is 9.18 Å². The lowest BCUT2D eigenvalue weighted by Crippen LogP contribution is -2.22. The molecular weight excluding hydrogens is 446 g/mol. The van der Waals surface area contributed by atoms with Crippen LogP contribution in [-0.4, -0.2) is 48.4 Å². The van der Waals surface area contributed by atoms with Crippen molar-refractivity contribution in [3.8, 4) is 17.0 Å². The smallest absolute Gasteiger partial charge is 0.231 e. The molecule has 3 heterocycles. The van der Waals surface area contributed by atoms with E-state index in [1.807, 2.05) is 0 Å². The molecule has 0 unspecified atom stereocenters. The van der Waals surface area contributed by atoms with Crippen molar-refractivity contribution in [3.63, 3.8) is 0 Å². The lowest BCUT2D eigenvalue weighted by Gasteiger charge is -2.16. The summed E-state index contributed by atoms with van der Waals surface area (Å²) in [6, 6.07) is 7.64. The van der Waals surface area contributed by atoms with Crippen molar-refractivity contribution in [1.29, 1.82) is 0 Å². The zero-order chi connectivity index (χ0) is 23.8. The summed E-state index contributed by atoms with van der Waals surface area (Å²) in [5.74, 6) is -1.08. The van der Waals surface area contributed by atoms with E-state index in [0.717, 1.165) is 6.04 Å². The SMILES string of the molecule is COc1ncccc1-c1c(F)n(COCC[Si](C)(C)C)c2nc(NC(=O)[C@@H]3C[C@@H]3F)ccc12. The molecule has 1 N–H and O–H groups in total. The first-order valence-corrected chi connectivity index (χ1v) is 14.6. The third-order valence-electron chi connectivity index (χ3n) is 5.59. The summed E-state index contributed by atoms with van der Waals surface area (Å²) in [5, 5.41) is 3.16. The minimum absolute atomic E-state index is 0.0328. The number of alkyl halides is 1. The first-order chi connectivity index (χ1) is 15.7. The minimum atomic E-state index is -1.31. The summed E-state index contributed by atoms with van der Waals surface area (Å²) >= 11 is 0. The van der Waals surface area contributed by atoms with Crippen molar-refractivity contribution >= 4 is 30.8 Å². The average Bonchev–Trinajstić information content (AvgIpc) is 3.44. The molecule has 1 aliphatic rings.